The molecule has 0 saturated carbocycles. The van der Waals surface area contributed by atoms with Gasteiger partial charge in [-0.15, -0.1) is 11.3 Å². The molecule has 29 heavy (non-hydrogen) atoms. The second-order valence-electron chi connectivity index (χ2n) is 6.53. The number of morpholine rings is 1. The Labute approximate surface area is 173 Å². The number of rotatable bonds is 7. The highest BCUT2D eigenvalue weighted by atomic mass is 32.2. The fourth-order valence-corrected chi connectivity index (χ4v) is 4.59. The van der Waals surface area contributed by atoms with Crippen LogP contribution in [0.2, 0.25) is 0 Å². The van der Waals surface area contributed by atoms with Gasteiger partial charge in [0.1, 0.15) is 0 Å². The highest BCUT2D eigenvalue weighted by Gasteiger charge is 2.23. The van der Waals surface area contributed by atoms with Crippen molar-refractivity contribution in [2.24, 2.45) is 0 Å². The summed E-state index contributed by atoms with van der Waals surface area (Å²) in [6.45, 7) is 2.97. The van der Waals surface area contributed by atoms with Crippen LogP contribution in [0, 0.1) is 0 Å². The molecule has 1 fully saturated rings. The predicted octanol–water partition coefficient (Wildman–Crippen LogP) is 1.63. The summed E-state index contributed by atoms with van der Waals surface area (Å²) in [4.78, 5) is 26.9. The maximum absolute atomic E-state index is 12.5. The normalized spacial score (nSPS) is 17.1. The lowest BCUT2D eigenvalue weighted by Gasteiger charge is -2.30. The molecule has 0 bridgehead atoms. The van der Waals surface area contributed by atoms with Gasteiger partial charge in [0.05, 0.1) is 23.2 Å². The minimum absolute atomic E-state index is 0.0446. The summed E-state index contributed by atoms with van der Waals surface area (Å²) in [6, 6.07) is 9.20. The zero-order chi connectivity index (χ0) is 20.9. The van der Waals surface area contributed by atoms with Gasteiger partial charge in [-0.25, -0.2) is 17.9 Å². The van der Waals surface area contributed by atoms with Crippen molar-refractivity contribution in [2.45, 2.75) is 24.5 Å². The molecule has 1 unspecified atom stereocenters. The van der Waals surface area contributed by atoms with Gasteiger partial charge in [-0.05, 0) is 36.6 Å². The molecule has 1 aliphatic heterocycles. The first-order valence-corrected chi connectivity index (χ1v) is 11.4. The summed E-state index contributed by atoms with van der Waals surface area (Å²) >= 11 is 1.44. The van der Waals surface area contributed by atoms with E-state index in [0.29, 0.717) is 19.7 Å². The van der Waals surface area contributed by atoms with Crippen LogP contribution in [0.4, 0.5) is 0 Å². The third-order valence-corrected chi connectivity index (χ3v) is 6.59. The van der Waals surface area contributed by atoms with Crippen LogP contribution in [0.3, 0.4) is 0 Å². The summed E-state index contributed by atoms with van der Waals surface area (Å²) in [7, 11) is -3.79. The van der Waals surface area contributed by atoms with Gasteiger partial charge in [0, 0.05) is 24.5 Å². The Hall–Kier alpha value is -2.27. The van der Waals surface area contributed by atoms with E-state index < -0.39 is 22.6 Å². The smallest absolute Gasteiger partial charge is 0.338 e. The molecule has 0 aliphatic carbocycles. The molecular weight excluding hydrogens is 416 g/mol. The Bertz CT molecular complexity index is 959. The van der Waals surface area contributed by atoms with E-state index in [1.165, 1.54) is 35.6 Å². The number of benzene rings is 1. The molecule has 0 spiro atoms. The Balaban J connectivity index is 1.59. The number of nitrogens with one attached hydrogen (secondary N) is 1. The molecule has 0 radical (unpaired) electrons. The molecule has 1 saturated heterocycles. The lowest BCUT2D eigenvalue weighted by molar-refractivity contribution is -0.141. The van der Waals surface area contributed by atoms with Gasteiger partial charge < -0.3 is 14.4 Å². The minimum Gasteiger partial charge on any atom is -0.452 e. The number of thiophene rings is 1. The lowest BCUT2D eigenvalue weighted by atomic mass is 10.2. The van der Waals surface area contributed by atoms with Gasteiger partial charge >= 0.3 is 5.97 Å². The maximum atomic E-state index is 12.5. The van der Waals surface area contributed by atoms with Crippen molar-refractivity contribution >= 4 is 33.2 Å². The molecule has 1 aliphatic rings. The van der Waals surface area contributed by atoms with E-state index in [0.717, 1.165) is 4.88 Å². The Morgan fingerprint density at radius 1 is 1.31 bits per heavy atom. The highest BCUT2D eigenvalue weighted by Crippen LogP contribution is 2.15. The Kier molecular flexibility index (Phi) is 7.01. The van der Waals surface area contributed by atoms with E-state index in [1.807, 2.05) is 24.4 Å². The highest BCUT2D eigenvalue weighted by molar-refractivity contribution is 7.89. The van der Waals surface area contributed by atoms with Gasteiger partial charge in [0.25, 0.3) is 5.91 Å². The predicted molar refractivity (Wildman–Crippen MR) is 107 cm³/mol. The summed E-state index contributed by atoms with van der Waals surface area (Å²) < 4.78 is 37.9. The molecule has 1 aromatic carbocycles. The van der Waals surface area contributed by atoms with Gasteiger partial charge in [-0.2, -0.15) is 0 Å². The van der Waals surface area contributed by atoms with Crippen LogP contribution in [0.15, 0.2) is 46.7 Å². The van der Waals surface area contributed by atoms with Crippen molar-refractivity contribution in [1.82, 2.24) is 9.62 Å². The SMILES string of the molecule is CC1CN(C(=O)COC(=O)c2cccc(S(=O)(=O)NCc3cccs3)c2)CCO1. The summed E-state index contributed by atoms with van der Waals surface area (Å²) in [5.41, 5.74) is 0.0622. The van der Waals surface area contributed by atoms with Crippen LogP contribution in [0.5, 0.6) is 0 Å². The summed E-state index contributed by atoms with van der Waals surface area (Å²) in [6.07, 6.45) is -0.0630. The third kappa shape index (κ3) is 5.86. The number of carbonyl (C=O) groups excluding carboxylic acids is 2. The van der Waals surface area contributed by atoms with Crippen LogP contribution < -0.4 is 4.72 Å². The minimum atomic E-state index is -3.79. The summed E-state index contributed by atoms with van der Waals surface area (Å²) in [5, 5.41) is 1.86. The number of amides is 1. The molecule has 2 heterocycles. The van der Waals surface area contributed by atoms with Crippen LogP contribution >= 0.6 is 11.3 Å². The fraction of sp³-hybridized carbons (Fsp3) is 0.368. The molecule has 1 amide bonds. The molecule has 1 atom stereocenters. The molecule has 8 nitrogen and oxygen atoms in total. The topological polar surface area (TPSA) is 102 Å². The van der Waals surface area contributed by atoms with Crippen molar-refractivity contribution in [3.8, 4) is 0 Å². The zero-order valence-corrected chi connectivity index (χ0v) is 17.5. The van der Waals surface area contributed by atoms with Crippen molar-refractivity contribution in [3.63, 3.8) is 0 Å². The first kappa shape index (κ1) is 21.4. The van der Waals surface area contributed by atoms with Crippen LogP contribution in [0.25, 0.3) is 0 Å². The van der Waals surface area contributed by atoms with E-state index in [9.17, 15) is 18.0 Å². The summed E-state index contributed by atoms with van der Waals surface area (Å²) in [5.74, 6) is -1.06. The van der Waals surface area contributed by atoms with Gasteiger partial charge in [-0.3, -0.25) is 4.79 Å². The second kappa shape index (κ2) is 9.49. The molecule has 10 heteroatoms. The first-order chi connectivity index (χ1) is 13.8. The Morgan fingerprint density at radius 2 is 2.14 bits per heavy atom. The van der Waals surface area contributed by atoms with Crippen molar-refractivity contribution in [3.05, 3.63) is 52.2 Å². The number of esters is 1. The van der Waals surface area contributed by atoms with Crippen LogP contribution in [-0.2, 0) is 30.8 Å². The lowest BCUT2D eigenvalue weighted by Crippen LogP contribution is -2.46. The monoisotopic (exact) mass is 438 g/mol. The number of ether oxygens (including phenoxy) is 2. The van der Waals surface area contributed by atoms with Crippen LogP contribution in [0.1, 0.15) is 22.2 Å². The average molecular weight is 439 g/mol. The van der Waals surface area contributed by atoms with Crippen LogP contribution in [-0.4, -0.2) is 57.6 Å². The Morgan fingerprint density at radius 3 is 2.86 bits per heavy atom. The molecule has 3 rings (SSSR count). The molecule has 1 aromatic heterocycles. The maximum Gasteiger partial charge on any atom is 0.338 e. The third-order valence-electron chi connectivity index (χ3n) is 4.32. The van der Waals surface area contributed by atoms with E-state index in [-0.39, 0.29) is 29.0 Å². The van der Waals surface area contributed by atoms with E-state index in [4.69, 9.17) is 9.47 Å². The molecular formula is C19H22N2O6S2. The number of carbonyl (C=O) groups is 2. The molecule has 2 aromatic rings. The zero-order valence-electron chi connectivity index (χ0n) is 15.9. The molecule has 156 valence electrons. The largest absolute Gasteiger partial charge is 0.452 e. The average Bonchev–Trinajstić information content (AvgIpc) is 3.24. The van der Waals surface area contributed by atoms with Gasteiger partial charge in [-0.1, -0.05) is 12.1 Å². The number of hydrogen-bond acceptors (Lipinski definition) is 7. The number of nitrogens with zero attached hydrogens (tertiary/aromatic N) is 1. The van der Waals surface area contributed by atoms with E-state index >= 15 is 0 Å². The number of sulfonamides is 1. The van der Waals surface area contributed by atoms with Gasteiger partial charge in [0.15, 0.2) is 6.61 Å². The first-order valence-electron chi connectivity index (χ1n) is 9.04. The van der Waals surface area contributed by atoms with Gasteiger partial charge in [0.2, 0.25) is 10.0 Å². The fourth-order valence-electron chi connectivity index (χ4n) is 2.80. The van der Waals surface area contributed by atoms with E-state index in [2.05, 4.69) is 4.72 Å². The van der Waals surface area contributed by atoms with Crippen molar-refractivity contribution in [2.75, 3.05) is 26.3 Å². The number of hydrogen-bond donors (Lipinski definition) is 1. The van der Waals surface area contributed by atoms with Crippen molar-refractivity contribution in [1.29, 1.82) is 0 Å². The quantitative estimate of drug-likeness (QED) is 0.660. The van der Waals surface area contributed by atoms with E-state index in [1.54, 1.807) is 4.90 Å². The standard InChI is InChI=1S/C19H22N2O6S2/c1-14-12-21(7-8-26-14)18(22)13-27-19(23)15-4-2-6-17(10-15)29(24,25)20-11-16-5-3-9-28-16/h2-6,9-10,14,20H,7-8,11-13H2,1H3. The second-order valence-corrected chi connectivity index (χ2v) is 9.33. The van der Waals surface area contributed by atoms with Crippen molar-refractivity contribution < 1.29 is 27.5 Å². The molecule has 1 N–H and O–H groups in total.